The summed E-state index contributed by atoms with van der Waals surface area (Å²) in [6, 6.07) is 60.9. The minimum Gasteiger partial charge on any atom is -0.508 e. The molecule has 9 aromatic rings. The summed E-state index contributed by atoms with van der Waals surface area (Å²) < 4.78 is 87.1. The second kappa shape index (κ2) is 42.2. The van der Waals surface area contributed by atoms with Gasteiger partial charge in [0.05, 0.1) is 12.2 Å². The third kappa shape index (κ3) is 22.7. The monoisotopic (exact) mass is 1720 g/mol. The van der Waals surface area contributed by atoms with Crippen LogP contribution in [0.5, 0.6) is 34.5 Å². The Labute approximate surface area is 731 Å². The number of phenols is 4. The summed E-state index contributed by atoms with van der Waals surface area (Å²) in [4.78, 5) is 19.0. The number of phenolic OH excluding ortho intramolecular Hbond substituents is 4. The molecule has 12 atom stereocenters. The van der Waals surface area contributed by atoms with Crippen molar-refractivity contribution < 1.29 is 71.1 Å². The van der Waals surface area contributed by atoms with E-state index in [0.717, 1.165) is 167 Å². The Balaban J connectivity index is 0.000000145. The average Bonchev–Trinajstić information content (AvgIpc) is 1.66. The molecule has 1 aromatic heterocycles. The molecule has 6 N–H and O–H groups in total. The molecule has 1 saturated heterocycles. The van der Waals surface area contributed by atoms with Crippen LogP contribution in [0.15, 0.2) is 188 Å². The Bertz CT molecular complexity index is 4960. The highest BCUT2D eigenvalue weighted by atomic mass is 32.2. The van der Waals surface area contributed by atoms with Crippen LogP contribution in [0.2, 0.25) is 0 Å². The van der Waals surface area contributed by atoms with Crippen molar-refractivity contribution in [3.63, 3.8) is 0 Å². The molecule has 4 saturated carbocycles. The van der Waals surface area contributed by atoms with Crippen molar-refractivity contribution in [2.45, 2.75) is 217 Å². The van der Waals surface area contributed by atoms with Gasteiger partial charge < -0.3 is 45.0 Å². The summed E-state index contributed by atoms with van der Waals surface area (Å²) in [5.41, 5.74) is 14.1. The summed E-state index contributed by atoms with van der Waals surface area (Å²) in [7, 11) is 2.75. The Hall–Kier alpha value is -8.43. The Morgan fingerprint density at radius 3 is 1.73 bits per heavy atom. The lowest BCUT2D eigenvalue weighted by Gasteiger charge is -2.53. The number of fused-ring (bicyclic) bond motifs is 11. The van der Waals surface area contributed by atoms with Crippen LogP contribution in [0, 0.1) is 40.4 Å². The third-order valence-corrected chi connectivity index (χ3v) is 31.0. The van der Waals surface area contributed by atoms with Gasteiger partial charge in [-0.25, -0.2) is 0 Å². The number of thiophene rings is 1. The molecule has 123 heavy (non-hydrogen) atoms. The van der Waals surface area contributed by atoms with Crippen LogP contribution >= 0.6 is 11.3 Å². The summed E-state index contributed by atoms with van der Waals surface area (Å²) in [5, 5.41) is 61.5. The first-order valence-electron chi connectivity index (χ1n) is 45.3. The molecule has 0 amide bonds. The van der Waals surface area contributed by atoms with Crippen molar-refractivity contribution in [3.8, 4) is 44.9 Å². The van der Waals surface area contributed by atoms with Crippen molar-refractivity contribution in [3.05, 3.63) is 238 Å². The zero-order valence-electron chi connectivity index (χ0n) is 72.3. The maximum Gasteiger partial charge on any atom is 0.453 e. The van der Waals surface area contributed by atoms with Crippen LogP contribution < -0.4 is 9.47 Å². The van der Waals surface area contributed by atoms with E-state index in [0.29, 0.717) is 83.5 Å². The number of halogens is 5. The number of aliphatic hydroxyl groups excluding tert-OH is 2. The highest BCUT2D eigenvalue weighted by Crippen LogP contribution is 2.64. The lowest BCUT2D eigenvalue weighted by atomic mass is 9.52. The van der Waals surface area contributed by atoms with Crippen LogP contribution in [0.25, 0.3) is 31.7 Å². The second-order valence-corrected chi connectivity index (χ2v) is 39.1. The molecule has 19 heteroatoms. The summed E-state index contributed by atoms with van der Waals surface area (Å²) in [6.07, 6.45) is 17.6. The topological polar surface area (TPSA) is 180 Å². The van der Waals surface area contributed by atoms with Gasteiger partial charge in [-0.3, -0.25) is 13.9 Å². The van der Waals surface area contributed by atoms with Crippen molar-refractivity contribution in [1.29, 1.82) is 0 Å². The number of likely N-dealkylation sites (N-methyl/N-ethyl adjacent to an activating group) is 1. The average molecular weight is 1720 g/mol. The fourth-order valence-electron chi connectivity index (χ4n) is 21.6. The normalized spacial score (nSPS) is 23.8. The highest BCUT2D eigenvalue weighted by Gasteiger charge is 2.58. The summed E-state index contributed by atoms with van der Waals surface area (Å²) in [5.74, 6) is 2.50. The number of aliphatic hydroxyl groups is 2. The van der Waals surface area contributed by atoms with E-state index < -0.39 is 35.7 Å². The number of benzene rings is 8. The van der Waals surface area contributed by atoms with E-state index in [9.17, 15) is 61.6 Å². The molecule has 2 heterocycles. The SMILES string of the molecule is CC/C(=C(\c1ccccc1)c1ccc(OCCN(C)C)cc1)c1ccccc1.CC12CCC3c4ccc(O)cc4CC(CCCCCCCCCS(=O)CCCC(F)(F)C(F)(F)F)C3C1CCC2O.CC12CCC3c4ccc(O)cc4CCC3C1CCC2O.O=C(c1ccc(OCCN2CCCCC2)cc1)c1c(-c2ccc(O)cc2)sc2cc(O)ccc12. The number of likely N-dealkylation sites (tertiary alicyclic amines) is 1. The van der Waals surface area contributed by atoms with Gasteiger partial charge in [-0.05, 0) is 347 Å². The number of alkyl halides is 5. The van der Waals surface area contributed by atoms with Gasteiger partial charge in [0.1, 0.15) is 47.7 Å². The number of aromatic hydroxyl groups is 4. The van der Waals surface area contributed by atoms with Crippen LogP contribution in [0.4, 0.5) is 22.0 Å². The van der Waals surface area contributed by atoms with E-state index in [4.69, 9.17) is 9.47 Å². The first-order chi connectivity index (χ1) is 59.2. The molecule has 12 unspecified atom stereocenters. The Kier molecular flexibility index (Phi) is 31.7. The van der Waals surface area contributed by atoms with Crippen molar-refractivity contribution in [1.82, 2.24) is 9.80 Å². The van der Waals surface area contributed by atoms with Gasteiger partial charge in [0.2, 0.25) is 0 Å². The molecular weight excluding hydrogens is 1600 g/mol. The number of carbonyl (C=O) groups is 1. The number of nitrogens with zero attached hydrogens (tertiary/aromatic N) is 2. The molecule has 12 nitrogen and oxygen atoms in total. The lowest BCUT2D eigenvalue weighted by molar-refractivity contribution is -0.284. The number of hydrogen-bond donors (Lipinski definition) is 6. The highest BCUT2D eigenvalue weighted by molar-refractivity contribution is 7.84. The van der Waals surface area contributed by atoms with Gasteiger partial charge >= 0.3 is 12.1 Å². The number of piperidine rings is 1. The molecule has 0 radical (unpaired) electrons. The fraction of sp³-hybridized carbons (Fsp3) is 0.490. The summed E-state index contributed by atoms with van der Waals surface area (Å²) >= 11 is 1.46. The van der Waals surface area contributed by atoms with Gasteiger partial charge in [0.15, 0.2) is 5.78 Å². The van der Waals surface area contributed by atoms with Gasteiger partial charge in [-0.15, -0.1) is 11.3 Å². The first-order valence-corrected chi connectivity index (χ1v) is 47.6. The minimum atomic E-state index is -5.54. The van der Waals surface area contributed by atoms with Gasteiger partial charge in [-0.1, -0.05) is 151 Å². The fourth-order valence-corrected chi connectivity index (χ4v) is 24.1. The van der Waals surface area contributed by atoms with Crippen LogP contribution in [0.3, 0.4) is 0 Å². The van der Waals surface area contributed by atoms with E-state index in [-0.39, 0.29) is 46.1 Å². The largest absolute Gasteiger partial charge is 0.508 e. The van der Waals surface area contributed by atoms with E-state index in [1.165, 1.54) is 100.0 Å². The standard InChI is InChI=1S/C32H47F5O3S.C28H27NO4S.C26H29NO.C18H24O2/c1-30-17-15-26-25-12-11-24(38)21-23(25)20-22(29(26)27(30)13-14-28(30)39)10-7-5-3-2-4-6-8-18-41(40)19-9-16-31(33,34)32(35,36)37;30-21-8-4-20(5-9-21)28-26(24-13-10-22(31)18-25(24)34-28)27(32)19-6-11-23(12-7-19)33-17-16-29-14-2-1-3-15-29;1-4-25(21-11-7-5-8-12-21)26(22-13-9-6-10-14-22)23-15-17-24(18-16-23)28-20-19-27(2)3;1-18-9-8-14-13-5-3-12(19)10-11(13)2-4-15(14)16(18)6-7-17(18)20/h11-12,21-22,26-29,38-39H,2-10,13-20H2,1H3;4-13,18,30-31H,1-3,14-17H2;5-18H,4,19-20H2,1-3H3;3,5,10,14-17,19-20H,2,4,6-9H2,1H3/b;;26-25-;. The zero-order chi connectivity index (χ0) is 87.0. The number of ketones is 1. The van der Waals surface area contributed by atoms with Crippen molar-refractivity contribution in [2.75, 3.05) is 65.0 Å². The predicted octanol–water partition coefficient (Wildman–Crippen LogP) is 24.4. The smallest absolute Gasteiger partial charge is 0.453 e. The zero-order valence-corrected chi connectivity index (χ0v) is 74.0. The number of ether oxygens (including phenoxy) is 2. The molecule has 1 aliphatic heterocycles. The summed E-state index contributed by atoms with van der Waals surface area (Å²) in [6.45, 7) is 12.3. The van der Waals surface area contributed by atoms with Crippen LogP contribution in [-0.2, 0) is 23.6 Å². The van der Waals surface area contributed by atoms with E-state index in [1.807, 2.05) is 48.5 Å². The Morgan fingerprint density at radius 2 is 1.10 bits per heavy atom. The minimum absolute atomic E-state index is 0.0195. The molecule has 8 aromatic carbocycles. The number of unbranched alkanes of at least 4 members (excludes halogenated alkanes) is 6. The van der Waals surface area contributed by atoms with Crippen molar-refractivity contribution >= 4 is 49.2 Å². The molecule has 7 aliphatic rings. The van der Waals surface area contributed by atoms with E-state index in [2.05, 4.69) is 142 Å². The first kappa shape index (κ1) is 92.2. The van der Waals surface area contributed by atoms with E-state index in [1.54, 1.807) is 42.5 Å². The molecule has 0 bridgehead atoms. The predicted molar refractivity (Wildman–Crippen MR) is 487 cm³/mol. The number of rotatable bonds is 29. The van der Waals surface area contributed by atoms with E-state index >= 15 is 0 Å². The van der Waals surface area contributed by atoms with Gasteiger partial charge in [-0.2, -0.15) is 22.0 Å². The second-order valence-electron chi connectivity index (χ2n) is 36.4. The maximum atomic E-state index is 13.6. The third-order valence-electron chi connectivity index (χ3n) is 28.3. The number of allylic oxidation sites excluding steroid dienone is 1. The van der Waals surface area contributed by atoms with Crippen LogP contribution in [-0.4, -0.2) is 140 Å². The van der Waals surface area contributed by atoms with Gasteiger partial charge in [0.25, 0.3) is 0 Å². The molecule has 660 valence electrons. The van der Waals surface area contributed by atoms with Crippen LogP contribution in [0.1, 0.15) is 235 Å². The van der Waals surface area contributed by atoms with Gasteiger partial charge in [0, 0.05) is 67.9 Å². The molecule has 5 fully saturated rings. The lowest BCUT2D eigenvalue weighted by Crippen LogP contribution is -2.47. The van der Waals surface area contributed by atoms with Crippen molar-refractivity contribution in [2.24, 2.45) is 40.4 Å². The quantitative estimate of drug-likeness (QED) is 0.0113. The maximum absolute atomic E-state index is 13.6. The molecule has 16 rings (SSSR count). The Morgan fingerprint density at radius 1 is 0.561 bits per heavy atom. The molecule has 0 spiro atoms. The molecular formula is C104H127F5N2O10S2. The number of aryl methyl sites for hydroxylation is 1. The molecule has 6 aliphatic carbocycles. The number of hydrogen-bond acceptors (Lipinski definition) is 13. The number of carbonyl (C=O) groups excluding carboxylic acids is 1.